The van der Waals surface area contributed by atoms with Crippen LogP contribution in [0.5, 0.6) is 0 Å². The maximum atomic E-state index is 5.79. The third kappa shape index (κ3) is 3.12. The molecule has 0 aliphatic rings. The molecule has 3 heteroatoms. The zero-order valence-corrected chi connectivity index (χ0v) is 12.0. The lowest BCUT2D eigenvalue weighted by molar-refractivity contribution is 1.02. The fraction of sp³-hybridized carbons (Fsp3) is 0.143. The van der Waals surface area contributed by atoms with Crippen molar-refractivity contribution >= 4 is 27.7 Å². The van der Waals surface area contributed by atoms with E-state index in [2.05, 4.69) is 53.2 Å². The van der Waals surface area contributed by atoms with E-state index in [1.807, 2.05) is 12.1 Å². The van der Waals surface area contributed by atoms with Crippen LogP contribution in [0, 0.1) is 6.92 Å². The molecule has 0 aliphatic carbocycles. The Balaban J connectivity index is 2.29. The van der Waals surface area contributed by atoms with Gasteiger partial charge in [-0.2, -0.15) is 0 Å². The molecule has 0 spiro atoms. The topological polar surface area (TPSA) is 26.0 Å². The summed E-state index contributed by atoms with van der Waals surface area (Å²) in [5.74, 6) is 0. The van der Waals surface area contributed by atoms with Gasteiger partial charge >= 0.3 is 0 Å². The van der Waals surface area contributed by atoms with E-state index in [9.17, 15) is 0 Å². The molecule has 0 radical (unpaired) electrons. The van der Waals surface area contributed by atoms with Gasteiger partial charge in [0.15, 0.2) is 0 Å². The predicted molar refractivity (Wildman–Crippen MR) is 77.3 cm³/mol. The molecular formula is C14H14BrNS. The van der Waals surface area contributed by atoms with Gasteiger partial charge in [0.2, 0.25) is 0 Å². The molecule has 0 aromatic heterocycles. The summed E-state index contributed by atoms with van der Waals surface area (Å²) < 4.78 is 1.08. The van der Waals surface area contributed by atoms with Crippen molar-refractivity contribution in [2.45, 2.75) is 23.3 Å². The molecule has 0 unspecified atom stereocenters. The van der Waals surface area contributed by atoms with Crippen LogP contribution in [-0.2, 0) is 6.54 Å². The van der Waals surface area contributed by atoms with Crippen molar-refractivity contribution in [3.05, 3.63) is 58.1 Å². The van der Waals surface area contributed by atoms with Crippen LogP contribution in [0.4, 0.5) is 0 Å². The molecule has 2 rings (SSSR count). The monoisotopic (exact) mass is 307 g/mol. The highest BCUT2D eigenvalue weighted by Crippen LogP contribution is 2.33. The van der Waals surface area contributed by atoms with Gasteiger partial charge in [-0.15, -0.1) is 0 Å². The third-order valence-electron chi connectivity index (χ3n) is 2.53. The molecule has 2 N–H and O–H groups in total. The molecule has 0 fully saturated rings. The molecule has 17 heavy (non-hydrogen) atoms. The lowest BCUT2D eigenvalue weighted by atomic mass is 10.2. The number of hydrogen-bond acceptors (Lipinski definition) is 2. The highest BCUT2D eigenvalue weighted by molar-refractivity contribution is 9.10. The Hall–Kier alpha value is -0.770. The number of rotatable bonds is 3. The molecule has 2 aromatic carbocycles. The van der Waals surface area contributed by atoms with Crippen molar-refractivity contribution in [2.75, 3.05) is 0 Å². The number of nitrogens with two attached hydrogens (primary N) is 1. The van der Waals surface area contributed by atoms with Crippen molar-refractivity contribution in [2.24, 2.45) is 5.73 Å². The van der Waals surface area contributed by atoms with E-state index < -0.39 is 0 Å². The minimum atomic E-state index is 0.551. The van der Waals surface area contributed by atoms with Gasteiger partial charge < -0.3 is 5.73 Å². The molecule has 1 nitrogen and oxygen atoms in total. The quantitative estimate of drug-likeness (QED) is 0.911. The van der Waals surface area contributed by atoms with Crippen LogP contribution >= 0.6 is 27.7 Å². The maximum absolute atomic E-state index is 5.79. The summed E-state index contributed by atoms with van der Waals surface area (Å²) in [6, 6.07) is 14.7. The van der Waals surface area contributed by atoms with E-state index in [0.29, 0.717) is 6.54 Å². The number of hydrogen-bond donors (Lipinski definition) is 1. The van der Waals surface area contributed by atoms with Gasteiger partial charge in [-0.3, -0.25) is 0 Å². The Morgan fingerprint density at radius 1 is 1.12 bits per heavy atom. The fourth-order valence-corrected chi connectivity index (χ4v) is 3.21. The van der Waals surface area contributed by atoms with Gasteiger partial charge in [-0.05, 0) is 36.8 Å². The zero-order chi connectivity index (χ0) is 12.3. The van der Waals surface area contributed by atoms with E-state index in [0.717, 1.165) is 10.0 Å². The molecule has 0 saturated heterocycles. The molecular weight excluding hydrogens is 294 g/mol. The van der Waals surface area contributed by atoms with Gasteiger partial charge in [0.1, 0.15) is 0 Å². The van der Waals surface area contributed by atoms with Crippen molar-refractivity contribution in [1.82, 2.24) is 0 Å². The molecule has 2 aromatic rings. The SMILES string of the molecule is Cc1ccc(Sc2cccc(Br)c2CN)cc1. The van der Waals surface area contributed by atoms with Crippen LogP contribution in [0.2, 0.25) is 0 Å². The van der Waals surface area contributed by atoms with Crippen molar-refractivity contribution in [3.63, 3.8) is 0 Å². The highest BCUT2D eigenvalue weighted by Gasteiger charge is 2.06. The van der Waals surface area contributed by atoms with Crippen molar-refractivity contribution in [1.29, 1.82) is 0 Å². The van der Waals surface area contributed by atoms with E-state index >= 15 is 0 Å². The number of halogens is 1. The van der Waals surface area contributed by atoms with Gasteiger partial charge in [-0.25, -0.2) is 0 Å². The lowest BCUT2D eigenvalue weighted by Crippen LogP contribution is -1.99. The summed E-state index contributed by atoms with van der Waals surface area (Å²) in [6.45, 7) is 2.65. The lowest BCUT2D eigenvalue weighted by Gasteiger charge is -2.09. The normalized spacial score (nSPS) is 10.5. The third-order valence-corrected chi connectivity index (χ3v) is 4.38. The summed E-state index contributed by atoms with van der Waals surface area (Å²) in [7, 11) is 0. The van der Waals surface area contributed by atoms with E-state index in [1.54, 1.807) is 11.8 Å². The summed E-state index contributed by atoms with van der Waals surface area (Å²) in [4.78, 5) is 2.45. The van der Waals surface area contributed by atoms with Crippen LogP contribution in [0.3, 0.4) is 0 Å². The van der Waals surface area contributed by atoms with Gasteiger partial charge in [-0.1, -0.05) is 51.5 Å². The standard InChI is InChI=1S/C14H14BrNS/c1-10-5-7-11(8-6-10)17-14-4-2-3-13(15)12(14)9-16/h2-8H,9,16H2,1H3. The molecule has 0 atom stereocenters. The molecule has 0 aliphatic heterocycles. The van der Waals surface area contributed by atoms with Gasteiger partial charge in [0.25, 0.3) is 0 Å². The molecule has 0 saturated carbocycles. The van der Waals surface area contributed by atoms with Crippen molar-refractivity contribution in [3.8, 4) is 0 Å². The fourth-order valence-electron chi connectivity index (χ4n) is 1.57. The van der Waals surface area contributed by atoms with Gasteiger partial charge in [0, 0.05) is 20.8 Å². The number of aryl methyl sites for hydroxylation is 1. The summed E-state index contributed by atoms with van der Waals surface area (Å²) in [5, 5.41) is 0. The van der Waals surface area contributed by atoms with Crippen LogP contribution in [-0.4, -0.2) is 0 Å². The Morgan fingerprint density at radius 3 is 2.47 bits per heavy atom. The Morgan fingerprint density at radius 2 is 1.82 bits per heavy atom. The van der Waals surface area contributed by atoms with Crippen LogP contribution in [0.25, 0.3) is 0 Å². The molecule has 88 valence electrons. The second kappa shape index (κ2) is 5.71. The van der Waals surface area contributed by atoms with Crippen LogP contribution in [0.1, 0.15) is 11.1 Å². The molecule has 0 bridgehead atoms. The average Bonchev–Trinajstić information content (AvgIpc) is 2.32. The van der Waals surface area contributed by atoms with E-state index in [4.69, 9.17) is 5.73 Å². The van der Waals surface area contributed by atoms with Crippen LogP contribution < -0.4 is 5.73 Å². The summed E-state index contributed by atoms with van der Waals surface area (Å²) >= 11 is 5.29. The largest absolute Gasteiger partial charge is 0.326 e. The van der Waals surface area contributed by atoms with Crippen LogP contribution in [0.15, 0.2) is 56.7 Å². The first kappa shape index (κ1) is 12.7. The number of benzene rings is 2. The summed E-state index contributed by atoms with van der Waals surface area (Å²) in [6.07, 6.45) is 0. The van der Waals surface area contributed by atoms with Crippen molar-refractivity contribution < 1.29 is 0 Å². The first-order valence-corrected chi connectivity index (χ1v) is 7.03. The maximum Gasteiger partial charge on any atom is 0.0231 e. The second-order valence-corrected chi connectivity index (χ2v) is 5.81. The first-order chi connectivity index (χ1) is 8.20. The van der Waals surface area contributed by atoms with E-state index in [-0.39, 0.29) is 0 Å². The van der Waals surface area contributed by atoms with Gasteiger partial charge in [0.05, 0.1) is 0 Å². The average molecular weight is 308 g/mol. The first-order valence-electron chi connectivity index (χ1n) is 5.42. The molecule has 0 heterocycles. The molecule has 0 amide bonds. The Kier molecular flexibility index (Phi) is 4.26. The Labute approximate surface area is 115 Å². The summed E-state index contributed by atoms with van der Waals surface area (Å²) in [5.41, 5.74) is 8.23. The smallest absolute Gasteiger partial charge is 0.0231 e. The highest BCUT2D eigenvalue weighted by atomic mass is 79.9. The minimum absolute atomic E-state index is 0.551. The second-order valence-electron chi connectivity index (χ2n) is 3.84. The Bertz CT molecular complexity index is 508. The minimum Gasteiger partial charge on any atom is -0.326 e. The van der Waals surface area contributed by atoms with E-state index in [1.165, 1.54) is 15.4 Å². The zero-order valence-electron chi connectivity index (χ0n) is 9.61. The predicted octanol–water partition coefficient (Wildman–Crippen LogP) is 4.37.